The molecule has 0 saturated carbocycles. The van der Waals surface area contributed by atoms with Crippen molar-refractivity contribution in [1.29, 1.82) is 0 Å². The van der Waals surface area contributed by atoms with Gasteiger partial charge in [0.05, 0.1) is 0 Å². The molecular formula is C13H14. The van der Waals surface area contributed by atoms with Crippen LogP contribution in [-0.4, -0.2) is 0 Å². The van der Waals surface area contributed by atoms with Crippen molar-refractivity contribution >= 4 is 5.57 Å². The molecule has 0 fully saturated rings. The van der Waals surface area contributed by atoms with Crippen molar-refractivity contribution in [2.75, 3.05) is 0 Å². The average molecular weight is 170 g/mol. The summed E-state index contributed by atoms with van der Waals surface area (Å²) in [4.78, 5) is 0. The van der Waals surface area contributed by atoms with Crippen LogP contribution in [-0.2, 0) is 0 Å². The number of allylic oxidation sites excluding steroid dienone is 4. The molecule has 1 aliphatic rings. The summed E-state index contributed by atoms with van der Waals surface area (Å²) in [5.41, 5.74) is 5.48. The fraction of sp³-hybridized carbons (Fsp3) is 0.231. The maximum atomic E-state index is 2.29. The Morgan fingerprint density at radius 2 is 1.69 bits per heavy atom. The van der Waals surface area contributed by atoms with Crippen molar-refractivity contribution in [2.45, 2.75) is 20.3 Å². The van der Waals surface area contributed by atoms with Crippen LogP contribution in [0.1, 0.15) is 24.5 Å². The molecule has 13 heavy (non-hydrogen) atoms. The van der Waals surface area contributed by atoms with Crippen molar-refractivity contribution in [3.8, 4) is 0 Å². The van der Waals surface area contributed by atoms with E-state index in [1.807, 2.05) is 0 Å². The minimum absolute atomic E-state index is 1.11. The lowest BCUT2D eigenvalue weighted by atomic mass is 10.1. The highest BCUT2D eigenvalue weighted by Gasteiger charge is 2.04. The van der Waals surface area contributed by atoms with Crippen LogP contribution in [0.25, 0.3) is 5.57 Å². The van der Waals surface area contributed by atoms with E-state index in [0.29, 0.717) is 0 Å². The zero-order chi connectivity index (χ0) is 9.26. The fourth-order valence-electron chi connectivity index (χ4n) is 1.60. The van der Waals surface area contributed by atoms with E-state index in [9.17, 15) is 0 Å². The molecular weight excluding hydrogens is 156 g/mol. The summed E-state index contributed by atoms with van der Waals surface area (Å²) < 4.78 is 0. The molecule has 0 atom stereocenters. The summed E-state index contributed by atoms with van der Waals surface area (Å²) in [6, 6.07) is 8.71. The van der Waals surface area contributed by atoms with Crippen LogP contribution in [0, 0.1) is 6.92 Å². The zero-order valence-electron chi connectivity index (χ0n) is 8.17. The lowest BCUT2D eigenvalue weighted by Crippen LogP contribution is -1.78. The minimum Gasteiger partial charge on any atom is -0.0726 e. The summed E-state index contributed by atoms with van der Waals surface area (Å²) in [5, 5.41) is 0. The molecule has 1 aromatic rings. The highest BCUT2D eigenvalue weighted by molar-refractivity contribution is 5.77. The van der Waals surface area contributed by atoms with Gasteiger partial charge in [-0.25, -0.2) is 0 Å². The standard InChI is InChI=1S/C13H14/c1-10-3-6-12(7-4-10)13-8-5-11(2)9-13/h3-4,6-9H,5H2,1-2H3. The first-order valence-corrected chi connectivity index (χ1v) is 4.70. The van der Waals surface area contributed by atoms with Gasteiger partial charge in [0.15, 0.2) is 0 Å². The van der Waals surface area contributed by atoms with Gasteiger partial charge in [0, 0.05) is 0 Å². The van der Waals surface area contributed by atoms with Gasteiger partial charge in [-0.15, -0.1) is 0 Å². The molecule has 0 amide bonds. The van der Waals surface area contributed by atoms with Gasteiger partial charge in [-0.1, -0.05) is 47.6 Å². The smallest absolute Gasteiger partial charge is 0.0129 e. The maximum absolute atomic E-state index is 2.29. The van der Waals surface area contributed by atoms with Crippen LogP contribution < -0.4 is 0 Å². The highest BCUT2D eigenvalue weighted by Crippen LogP contribution is 2.25. The second-order valence-corrected chi connectivity index (χ2v) is 3.72. The lowest BCUT2D eigenvalue weighted by Gasteiger charge is -1.99. The van der Waals surface area contributed by atoms with E-state index in [1.54, 1.807) is 0 Å². The van der Waals surface area contributed by atoms with Crippen molar-refractivity contribution in [3.05, 3.63) is 53.1 Å². The normalized spacial score (nSPS) is 15.5. The average Bonchev–Trinajstić information content (AvgIpc) is 2.53. The number of benzene rings is 1. The van der Waals surface area contributed by atoms with Gasteiger partial charge in [-0.05, 0) is 31.4 Å². The maximum Gasteiger partial charge on any atom is -0.0129 e. The Kier molecular flexibility index (Phi) is 2.05. The molecule has 0 heteroatoms. The van der Waals surface area contributed by atoms with Gasteiger partial charge in [-0.2, -0.15) is 0 Å². The largest absolute Gasteiger partial charge is 0.0726 e. The summed E-state index contributed by atoms with van der Waals surface area (Å²) in [6.07, 6.45) is 5.67. The molecule has 0 spiro atoms. The molecule has 0 nitrogen and oxygen atoms in total. The van der Waals surface area contributed by atoms with Crippen molar-refractivity contribution in [1.82, 2.24) is 0 Å². The molecule has 0 bridgehead atoms. The Hall–Kier alpha value is -1.30. The molecule has 0 unspecified atom stereocenters. The third-order valence-corrected chi connectivity index (χ3v) is 2.43. The first-order chi connectivity index (χ1) is 6.25. The van der Waals surface area contributed by atoms with Crippen LogP contribution in [0.2, 0.25) is 0 Å². The Morgan fingerprint density at radius 1 is 1.00 bits per heavy atom. The van der Waals surface area contributed by atoms with Crippen LogP contribution in [0.5, 0.6) is 0 Å². The Balaban J connectivity index is 2.32. The van der Waals surface area contributed by atoms with E-state index in [2.05, 4.69) is 50.3 Å². The predicted molar refractivity (Wildman–Crippen MR) is 57.5 cm³/mol. The SMILES string of the molecule is CC1=CC(c2ccc(C)cc2)=CC1. The van der Waals surface area contributed by atoms with E-state index >= 15 is 0 Å². The molecule has 0 aromatic heterocycles. The van der Waals surface area contributed by atoms with Crippen molar-refractivity contribution in [2.24, 2.45) is 0 Å². The van der Waals surface area contributed by atoms with E-state index in [0.717, 1.165) is 6.42 Å². The third kappa shape index (κ3) is 1.72. The number of hydrogen-bond acceptors (Lipinski definition) is 0. The minimum atomic E-state index is 1.11. The topological polar surface area (TPSA) is 0 Å². The molecule has 0 aliphatic heterocycles. The molecule has 2 rings (SSSR count). The van der Waals surface area contributed by atoms with Crippen molar-refractivity contribution in [3.63, 3.8) is 0 Å². The molecule has 0 heterocycles. The number of rotatable bonds is 1. The molecule has 1 aliphatic carbocycles. The first kappa shape index (κ1) is 8.31. The zero-order valence-corrected chi connectivity index (χ0v) is 8.17. The first-order valence-electron chi connectivity index (χ1n) is 4.70. The van der Waals surface area contributed by atoms with Crippen LogP contribution in [0.4, 0.5) is 0 Å². The number of hydrogen-bond donors (Lipinski definition) is 0. The van der Waals surface area contributed by atoms with Gasteiger partial charge in [0.1, 0.15) is 0 Å². The quantitative estimate of drug-likeness (QED) is 0.602. The molecule has 66 valence electrons. The van der Waals surface area contributed by atoms with E-state index in [4.69, 9.17) is 0 Å². The summed E-state index contributed by atoms with van der Waals surface area (Å²) in [6.45, 7) is 4.30. The Bertz CT molecular complexity index is 364. The van der Waals surface area contributed by atoms with E-state index in [1.165, 1.54) is 22.3 Å². The Labute approximate surface area is 79.6 Å². The second kappa shape index (κ2) is 3.21. The van der Waals surface area contributed by atoms with Gasteiger partial charge < -0.3 is 0 Å². The van der Waals surface area contributed by atoms with E-state index < -0.39 is 0 Å². The van der Waals surface area contributed by atoms with Gasteiger partial charge in [0.25, 0.3) is 0 Å². The lowest BCUT2D eigenvalue weighted by molar-refractivity contribution is 1.25. The van der Waals surface area contributed by atoms with Crippen LogP contribution >= 0.6 is 0 Å². The molecule has 1 aromatic carbocycles. The highest BCUT2D eigenvalue weighted by atomic mass is 14.1. The van der Waals surface area contributed by atoms with Gasteiger partial charge >= 0.3 is 0 Å². The predicted octanol–water partition coefficient (Wildman–Crippen LogP) is 3.73. The summed E-state index contributed by atoms with van der Waals surface area (Å²) in [7, 11) is 0. The van der Waals surface area contributed by atoms with E-state index in [-0.39, 0.29) is 0 Å². The molecule has 0 saturated heterocycles. The third-order valence-electron chi connectivity index (χ3n) is 2.43. The summed E-state index contributed by atoms with van der Waals surface area (Å²) >= 11 is 0. The second-order valence-electron chi connectivity index (χ2n) is 3.72. The van der Waals surface area contributed by atoms with Crippen molar-refractivity contribution < 1.29 is 0 Å². The molecule has 0 radical (unpaired) electrons. The monoisotopic (exact) mass is 170 g/mol. The molecule has 0 N–H and O–H groups in total. The number of aryl methyl sites for hydroxylation is 1. The fourth-order valence-corrected chi connectivity index (χ4v) is 1.60. The van der Waals surface area contributed by atoms with Gasteiger partial charge in [-0.3, -0.25) is 0 Å². The Morgan fingerprint density at radius 3 is 2.23 bits per heavy atom. The van der Waals surface area contributed by atoms with Crippen LogP contribution in [0.3, 0.4) is 0 Å². The van der Waals surface area contributed by atoms with Crippen LogP contribution in [0.15, 0.2) is 42.0 Å². The summed E-state index contributed by atoms with van der Waals surface area (Å²) in [5.74, 6) is 0. The van der Waals surface area contributed by atoms with Gasteiger partial charge in [0.2, 0.25) is 0 Å².